The molecule has 0 aromatic rings. The third-order valence-corrected chi connectivity index (χ3v) is 7.28. The largest absolute Gasteiger partial charge is 0.431 e. The Morgan fingerprint density at radius 3 is 1.61 bits per heavy atom. The molecule has 0 aromatic carbocycles. The van der Waals surface area contributed by atoms with Crippen LogP contribution in [-0.2, 0) is 42.7 Å². The lowest BCUT2D eigenvalue weighted by Crippen LogP contribution is -2.65. The van der Waals surface area contributed by atoms with Crippen LogP contribution in [0.3, 0.4) is 0 Å². The summed E-state index contributed by atoms with van der Waals surface area (Å²) in [5.74, 6) is -0.138. The zero-order valence-corrected chi connectivity index (χ0v) is 19.2. The van der Waals surface area contributed by atoms with E-state index in [-0.39, 0.29) is 36.0 Å². The lowest BCUT2D eigenvalue weighted by molar-refractivity contribution is -0.232. The maximum Gasteiger partial charge on any atom is 0.317 e. The van der Waals surface area contributed by atoms with E-state index >= 15 is 0 Å². The van der Waals surface area contributed by atoms with Crippen molar-refractivity contribution in [2.75, 3.05) is 39.6 Å². The molecule has 0 aromatic heterocycles. The fourth-order valence-electron chi connectivity index (χ4n) is 5.56. The number of rotatable bonds is 0. The Labute approximate surface area is 193 Å². The van der Waals surface area contributed by atoms with Gasteiger partial charge in [0.15, 0.2) is 0 Å². The van der Waals surface area contributed by atoms with Gasteiger partial charge in [-0.1, -0.05) is 0 Å². The summed E-state index contributed by atoms with van der Waals surface area (Å²) < 4.78 is 40.9. The number of carbonyl (C=O) groups is 2. The van der Waals surface area contributed by atoms with Gasteiger partial charge in [-0.3, -0.25) is 9.59 Å². The van der Waals surface area contributed by atoms with Crippen LogP contribution in [0, 0.1) is 11.8 Å². The highest BCUT2D eigenvalue weighted by atomic mass is 16.6. The molecule has 9 heteroatoms. The van der Waals surface area contributed by atoms with Crippen molar-refractivity contribution < 1.29 is 42.7 Å². The molecule has 3 heterocycles. The molecule has 3 fully saturated rings. The summed E-state index contributed by atoms with van der Waals surface area (Å²) in [4.78, 5) is 24.7. The van der Waals surface area contributed by atoms with Crippen LogP contribution in [0.4, 0.5) is 0 Å². The fourth-order valence-corrected chi connectivity index (χ4v) is 5.56. The molecular weight excluding hydrogens is 432 g/mol. The number of cyclic esters (lactones) is 2. The first-order valence-corrected chi connectivity index (χ1v) is 11.9. The van der Waals surface area contributed by atoms with Crippen molar-refractivity contribution >= 4 is 11.9 Å². The smallest absolute Gasteiger partial charge is 0.317 e. The van der Waals surface area contributed by atoms with E-state index in [1.54, 1.807) is 13.8 Å². The Balaban J connectivity index is 1.27. The third-order valence-electron chi connectivity index (χ3n) is 7.28. The second-order valence-corrected chi connectivity index (χ2v) is 9.37. The lowest BCUT2D eigenvalue weighted by atomic mass is 9.65. The molecule has 33 heavy (non-hydrogen) atoms. The number of carbonyl (C=O) groups excluding carboxylic acids is 2. The molecule has 2 saturated carbocycles. The van der Waals surface area contributed by atoms with Crippen LogP contribution in [0.2, 0.25) is 0 Å². The predicted molar refractivity (Wildman–Crippen MR) is 113 cm³/mol. The Kier molecular flexibility index (Phi) is 6.35. The van der Waals surface area contributed by atoms with Gasteiger partial charge in [-0.15, -0.1) is 0 Å². The van der Waals surface area contributed by atoms with Gasteiger partial charge < -0.3 is 33.2 Å². The summed E-state index contributed by atoms with van der Waals surface area (Å²) in [7, 11) is 0. The monoisotopic (exact) mass is 464 g/mol. The summed E-state index contributed by atoms with van der Waals surface area (Å²) in [6.07, 6.45) is 5.97. The highest BCUT2D eigenvalue weighted by Crippen LogP contribution is 2.50. The van der Waals surface area contributed by atoms with E-state index < -0.39 is 11.2 Å². The van der Waals surface area contributed by atoms with Gasteiger partial charge in [-0.2, -0.15) is 0 Å². The summed E-state index contributed by atoms with van der Waals surface area (Å²) >= 11 is 0. The van der Waals surface area contributed by atoms with Gasteiger partial charge >= 0.3 is 11.9 Å². The first-order valence-electron chi connectivity index (χ1n) is 11.9. The zero-order chi connectivity index (χ0) is 23.1. The molecule has 3 aliphatic heterocycles. The SMILES string of the molecule is CC1=C[C@@]23OCCCCO[C@@]45C=C(C)OC(=O)C4C[C@H]5OCCOCCOC2CC3C(=O)O1. The van der Waals surface area contributed by atoms with Crippen LogP contribution in [0.1, 0.15) is 39.5 Å². The molecule has 0 radical (unpaired) electrons. The van der Waals surface area contributed by atoms with Crippen molar-refractivity contribution in [2.45, 2.75) is 62.9 Å². The van der Waals surface area contributed by atoms with Gasteiger partial charge in [0.05, 0.1) is 50.5 Å². The Bertz CT molecular complexity index is 783. The number of hydrogen-bond acceptors (Lipinski definition) is 9. The van der Waals surface area contributed by atoms with Crippen LogP contribution >= 0.6 is 0 Å². The first kappa shape index (κ1) is 23.0. The van der Waals surface area contributed by atoms with Crippen molar-refractivity contribution in [3.05, 3.63) is 23.7 Å². The molecule has 3 unspecified atom stereocenters. The maximum absolute atomic E-state index is 12.4. The topological polar surface area (TPSA) is 98.8 Å². The van der Waals surface area contributed by atoms with Crippen molar-refractivity contribution in [2.24, 2.45) is 11.8 Å². The molecule has 5 rings (SSSR count). The number of allylic oxidation sites excluding steroid dienone is 2. The first-order chi connectivity index (χ1) is 15.9. The quantitative estimate of drug-likeness (QED) is 0.499. The fraction of sp³-hybridized carbons (Fsp3) is 0.750. The second-order valence-electron chi connectivity index (χ2n) is 9.37. The van der Waals surface area contributed by atoms with Gasteiger partial charge in [0.1, 0.15) is 22.7 Å². The third kappa shape index (κ3) is 4.04. The minimum absolute atomic E-state index is 0.214. The van der Waals surface area contributed by atoms with E-state index in [1.807, 2.05) is 12.2 Å². The normalized spacial score (nSPS) is 42.2. The molecule has 182 valence electrons. The average Bonchev–Trinajstić information content (AvgIpc) is 2.74. The highest BCUT2D eigenvalue weighted by molar-refractivity contribution is 5.79. The average molecular weight is 465 g/mol. The van der Waals surface area contributed by atoms with Gasteiger partial charge in [0, 0.05) is 13.2 Å². The van der Waals surface area contributed by atoms with Gasteiger partial charge in [0.2, 0.25) is 0 Å². The molecule has 2 spiro atoms. The second kappa shape index (κ2) is 9.11. The van der Waals surface area contributed by atoms with E-state index in [0.29, 0.717) is 64.0 Å². The summed E-state index contributed by atoms with van der Waals surface area (Å²) in [5.41, 5.74) is -1.57. The van der Waals surface area contributed by atoms with Crippen LogP contribution in [0.25, 0.3) is 0 Å². The van der Waals surface area contributed by atoms with Gasteiger partial charge in [-0.05, 0) is 51.7 Å². The number of esters is 2. The molecule has 1 saturated heterocycles. The van der Waals surface area contributed by atoms with Crippen LogP contribution in [0.15, 0.2) is 23.7 Å². The van der Waals surface area contributed by atoms with Gasteiger partial charge in [0.25, 0.3) is 0 Å². The molecule has 9 nitrogen and oxygen atoms in total. The maximum atomic E-state index is 12.4. The summed E-state index contributed by atoms with van der Waals surface area (Å²) in [6.45, 7) is 6.06. The summed E-state index contributed by atoms with van der Waals surface area (Å²) in [5, 5.41) is 0. The van der Waals surface area contributed by atoms with Crippen molar-refractivity contribution in [3.8, 4) is 0 Å². The van der Waals surface area contributed by atoms with Crippen molar-refractivity contribution in [1.29, 1.82) is 0 Å². The molecule has 0 N–H and O–H groups in total. The molecule has 0 amide bonds. The molecule has 2 aliphatic carbocycles. The Morgan fingerprint density at radius 2 is 1.15 bits per heavy atom. The van der Waals surface area contributed by atoms with E-state index in [2.05, 4.69) is 0 Å². The van der Waals surface area contributed by atoms with Crippen LogP contribution in [-0.4, -0.2) is 75.0 Å². The van der Waals surface area contributed by atoms with E-state index in [4.69, 9.17) is 33.2 Å². The minimum Gasteiger partial charge on any atom is -0.431 e. The minimum atomic E-state index is -0.785. The number of hydrogen-bond donors (Lipinski definition) is 0. The predicted octanol–water partition coefficient (Wildman–Crippen LogP) is 2.04. The molecule has 5 aliphatic rings. The van der Waals surface area contributed by atoms with E-state index in [9.17, 15) is 9.59 Å². The van der Waals surface area contributed by atoms with E-state index in [1.165, 1.54) is 0 Å². The summed E-state index contributed by atoms with van der Waals surface area (Å²) in [6, 6.07) is 0. The molecular formula is C24H32O9. The van der Waals surface area contributed by atoms with Crippen LogP contribution in [0.5, 0.6) is 0 Å². The van der Waals surface area contributed by atoms with Crippen LogP contribution < -0.4 is 0 Å². The van der Waals surface area contributed by atoms with Crippen molar-refractivity contribution in [1.82, 2.24) is 0 Å². The highest BCUT2D eigenvalue weighted by Gasteiger charge is 2.63. The zero-order valence-electron chi connectivity index (χ0n) is 19.2. The molecule has 6 atom stereocenters. The Hall–Kier alpha value is -1.78. The number of ether oxygens (including phenoxy) is 7. The van der Waals surface area contributed by atoms with Crippen molar-refractivity contribution in [3.63, 3.8) is 0 Å². The van der Waals surface area contributed by atoms with E-state index in [0.717, 1.165) is 12.8 Å². The standard InChI is InChI=1S/C24H32O9/c1-15-13-23-17(21(25)32-15)11-19(23)28-9-7-27-8-10-29-20-12-18-22(26)33-16(2)14-24(18,20)31-6-4-3-5-30-23/h13-14,17-20H,3-12H2,1-2H3/t17?,18?,19-,20?,23+,24+/m1/s1. The lowest BCUT2D eigenvalue weighted by Gasteiger charge is -2.53. The Morgan fingerprint density at radius 1 is 0.697 bits per heavy atom. The van der Waals surface area contributed by atoms with Gasteiger partial charge in [-0.25, -0.2) is 0 Å². The molecule has 0 bridgehead atoms.